The topological polar surface area (TPSA) is 93.8 Å². The summed E-state index contributed by atoms with van der Waals surface area (Å²) in [6.45, 7) is 2.12. The molecule has 1 aromatic heterocycles. The number of hydrogen-bond donors (Lipinski definition) is 2. The second kappa shape index (κ2) is 11.9. The van der Waals surface area contributed by atoms with Gasteiger partial charge in [0.2, 0.25) is 5.89 Å². The second-order valence-electron chi connectivity index (χ2n) is 7.87. The van der Waals surface area contributed by atoms with Gasteiger partial charge in [-0.05, 0) is 68.4 Å². The molecule has 7 heteroatoms. The number of carboxylic acids is 1. The summed E-state index contributed by atoms with van der Waals surface area (Å²) in [5.74, 6) is 0.969. The molecule has 176 valence electrons. The molecule has 34 heavy (non-hydrogen) atoms. The number of fused-ring (bicyclic) bond motifs is 1. The van der Waals surface area contributed by atoms with Crippen molar-refractivity contribution in [1.29, 1.82) is 0 Å². The Hall–Kier alpha value is -3.84. The van der Waals surface area contributed by atoms with Gasteiger partial charge in [0.15, 0.2) is 11.7 Å². The van der Waals surface area contributed by atoms with Crippen LogP contribution in [-0.4, -0.2) is 35.8 Å². The van der Waals surface area contributed by atoms with E-state index < -0.39 is 5.97 Å². The van der Waals surface area contributed by atoms with Gasteiger partial charge in [-0.25, -0.2) is 9.78 Å². The molecule has 0 saturated heterocycles. The average molecular weight is 461 g/mol. The number of unbranched alkanes of at least 4 members (excludes halogenated alkanes) is 1. The number of aromatic carboxylic acids is 1. The number of carboxylic acid groups (broad SMARTS) is 1. The minimum atomic E-state index is -0.956. The molecule has 1 atom stereocenters. The lowest BCUT2D eigenvalue weighted by Gasteiger charge is -2.16. The molecule has 0 aliphatic rings. The van der Waals surface area contributed by atoms with Crippen LogP contribution >= 0.6 is 0 Å². The zero-order chi connectivity index (χ0) is 23.6. The van der Waals surface area contributed by atoms with Crippen LogP contribution in [0.25, 0.3) is 11.1 Å². The van der Waals surface area contributed by atoms with Crippen LogP contribution in [0.2, 0.25) is 0 Å². The predicted octanol–water partition coefficient (Wildman–Crippen LogP) is 5.49. The third-order valence-corrected chi connectivity index (χ3v) is 5.29. The third kappa shape index (κ3) is 6.59. The zero-order valence-electron chi connectivity index (χ0n) is 18.9. The molecule has 0 bridgehead atoms. The van der Waals surface area contributed by atoms with Gasteiger partial charge in [-0.3, -0.25) is 0 Å². The zero-order valence-corrected chi connectivity index (χ0v) is 18.9. The molecule has 4 aromatic rings. The molecular formula is C27H28N2O5. The van der Waals surface area contributed by atoms with Crippen LogP contribution in [0.4, 0.5) is 0 Å². The Bertz CT molecular complexity index is 1160. The summed E-state index contributed by atoms with van der Waals surface area (Å²) in [6.07, 6.45) is 2.21. The van der Waals surface area contributed by atoms with Crippen molar-refractivity contribution in [2.24, 2.45) is 0 Å². The first-order valence-corrected chi connectivity index (χ1v) is 11.4. The first-order chi connectivity index (χ1) is 16.7. The monoisotopic (exact) mass is 460 g/mol. The van der Waals surface area contributed by atoms with Crippen molar-refractivity contribution >= 4 is 17.1 Å². The Morgan fingerprint density at radius 2 is 1.74 bits per heavy atom. The average Bonchev–Trinajstić information content (AvgIpc) is 3.30. The molecule has 2 N–H and O–H groups in total. The molecule has 0 aliphatic carbocycles. The van der Waals surface area contributed by atoms with Crippen molar-refractivity contribution in [2.45, 2.75) is 25.4 Å². The molecule has 0 aliphatic heterocycles. The van der Waals surface area contributed by atoms with Crippen molar-refractivity contribution in [3.05, 3.63) is 90.3 Å². The highest BCUT2D eigenvalue weighted by molar-refractivity contribution is 5.88. The van der Waals surface area contributed by atoms with Gasteiger partial charge in [-0.15, -0.1) is 0 Å². The van der Waals surface area contributed by atoms with E-state index in [2.05, 4.69) is 10.3 Å². The van der Waals surface area contributed by atoms with Crippen molar-refractivity contribution in [3.63, 3.8) is 0 Å². The fourth-order valence-electron chi connectivity index (χ4n) is 3.54. The molecule has 7 nitrogen and oxygen atoms in total. The number of oxazole rings is 1. The Morgan fingerprint density at radius 1 is 0.941 bits per heavy atom. The molecule has 0 saturated carbocycles. The normalized spacial score (nSPS) is 11.9. The van der Waals surface area contributed by atoms with Crippen LogP contribution in [0.1, 0.15) is 41.6 Å². The number of benzene rings is 3. The van der Waals surface area contributed by atoms with E-state index in [1.165, 1.54) is 0 Å². The fraction of sp³-hybridized carbons (Fsp3) is 0.259. The maximum atomic E-state index is 11.0. The van der Waals surface area contributed by atoms with E-state index >= 15 is 0 Å². The van der Waals surface area contributed by atoms with Crippen LogP contribution in [0.5, 0.6) is 11.5 Å². The quantitative estimate of drug-likeness (QED) is 0.255. The number of rotatable bonds is 13. The van der Waals surface area contributed by atoms with Crippen molar-refractivity contribution < 1.29 is 23.8 Å². The smallest absolute Gasteiger partial charge is 0.335 e. The number of ether oxygens (including phenoxy) is 2. The van der Waals surface area contributed by atoms with E-state index in [1.54, 1.807) is 24.3 Å². The Kier molecular flexibility index (Phi) is 8.13. The summed E-state index contributed by atoms with van der Waals surface area (Å²) < 4.78 is 17.8. The highest BCUT2D eigenvalue weighted by atomic mass is 16.5. The molecule has 0 amide bonds. The SMILES string of the molecule is O=C(O)c1cccc(OCCCCNCCC(Oc2ccccc2)c2nc3ccccc3o2)c1. The molecule has 1 unspecified atom stereocenters. The largest absolute Gasteiger partial charge is 0.494 e. The summed E-state index contributed by atoms with van der Waals surface area (Å²) in [7, 11) is 0. The summed E-state index contributed by atoms with van der Waals surface area (Å²) >= 11 is 0. The third-order valence-electron chi connectivity index (χ3n) is 5.29. The van der Waals surface area contributed by atoms with Gasteiger partial charge in [0.1, 0.15) is 17.0 Å². The van der Waals surface area contributed by atoms with Crippen LogP contribution in [0, 0.1) is 0 Å². The lowest BCUT2D eigenvalue weighted by atomic mass is 10.2. The predicted molar refractivity (Wildman–Crippen MR) is 129 cm³/mol. The van der Waals surface area contributed by atoms with Crippen LogP contribution in [-0.2, 0) is 0 Å². The van der Waals surface area contributed by atoms with Crippen LogP contribution in [0.3, 0.4) is 0 Å². The maximum absolute atomic E-state index is 11.0. The Morgan fingerprint density at radius 3 is 2.56 bits per heavy atom. The number of nitrogens with one attached hydrogen (secondary N) is 1. The highest BCUT2D eigenvalue weighted by Gasteiger charge is 2.20. The van der Waals surface area contributed by atoms with E-state index in [1.807, 2.05) is 54.6 Å². The van der Waals surface area contributed by atoms with Gasteiger partial charge >= 0.3 is 5.97 Å². The van der Waals surface area contributed by atoms with Crippen molar-refractivity contribution in [3.8, 4) is 11.5 Å². The lowest BCUT2D eigenvalue weighted by Crippen LogP contribution is -2.21. The van der Waals surface area contributed by atoms with Crippen molar-refractivity contribution in [1.82, 2.24) is 10.3 Å². The fourth-order valence-corrected chi connectivity index (χ4v) is 3.54. The van der Waals surface area contributed by atoms with Crippen molar-refractivity contribution in [2.75, 3.05) is 19.7 Å². The molecule has 0 fully saturated rings. The number of hydrogen-bond acceptors (Lipinski definition) is 6. The molecule has 0 radical (unpaired) electrons. The summed E-state index contributed by atoms with van der Waals surface area (Å²) in [5, 5.41) is 12.5. The molecular weight excluding hydrogens is 432 g/mol. The molecule has 3 aromatic carbocycles. The lowest BCUT2D eigenvalue weighted by molar-refractivity contribution is 0.0696. The molecule has 1 heterocycles. The van der Waals surface area contributed by atoms with Gasteiger partial charge < -0.3 is 24.3 Å². The van der Waals surface area contributed by atoms with Gasteiger partial charge in [0.25, 0.3) is 0 Å². The minimum absolute atomic E-state index is 0.227. The number of nitrogens with zero attached hydrogens (tertiary/aromatic N) is 1. The van der Waals surface area contributed by atoms with Gasteiger partial charge in [0, 0.05) is 6.42 Å². The van der Waals surface area contributed by atoms with E-state index in [0.29, 0.717) is 24.7 Å². The maximum Gasteiger partial charge on any atom is 0.335 e. The minimum Gasteiger partial charge on any atom is -0.494 e. The highest BCUT2D eigenvalue weighted by Crippen LogP contribution is 2.27. The van der Waals surface area contributed by atoms with Crippen LogP contribution in [0.15, 0.2) is 83.3 Å². The Balaban J connectivity index is 1.22. The summed E-state index contributed by atoms with van der Waals surface area (Å²) in [6, 6.07) is 23.9. The van der Waals surface area contributed by atoms with E-state index in [9.17, 15) is 4.79 Å². The van der Waals surface area contributed by atoms with Gasteiger partial charge in [-0.1, -0.05) is 36.4 Å². The Labute approximate surface area is 198 Å². The van der Waals surface area contributed by atoms with Gasteiger partial charge in [-0.2, -0.15) is 0 Å². The first kappa shape index (κ1) is 23.3. The van der Waals surface area contributed by atoms with E-state index in [4.69, 9.17) is 19.0 Å². The van der Waals surface area contributed by atoms with Gasteiger partial charge in [0.05, 0.1) is 12.2 Å². The summed E-state index contributed by atoms with van der Waals surface area (Å²) in [4.78, 5) is 15.7. The van der Waals surface area contributed by atoms with Crippen LogP contribution < -0.4 is 14.8 Å². The first-order valence-electron chi connectivity index (χ1n) is 11.4. The number of para-hydroxylation sites is 3. The second-order valence-corrected chi connectivity index (χ2v) is 7.87. The molecule has 0 spiro atoms. The van der Waals surface area contributed by atoms with E-state index in [0.717, 1.165) is 42.8 Å². The number of aromatic nitrogens is 1. The standard InChI is InChI=1S/C27H28N2O5/c30-27(31)20-9-8-12-22(19-20)32-18-7-6-16-28-17-15-25(33-21-10-2-1-3-11-21)26-29-23-13-4-5-14-24(23)34-26/h1-5,8-14,19,25,28H,6-7,15-18H2,(H,30,31). The van der Waals surface area contributed by atoms with E-state index in [-0.39, 0.29) is 11.7 Å². The number of carbonyl (C=O) groups is 1. The summed E-state index contributed by atoms with van der Waals surface area (Å²) in [5.41, 5.74) is 1.80. The molecule has 4 rings (SSSR count).